The summed E-state index contributed by atoms with van der Waals surface area (Å²) in [5.74, 6) is -1.21. The summed E-state index contributed by atoms with van der Waals surface area (Å²) in [5.41, 5.74) is 2.72. The maximum absolute atomic E-state index is 10.1. The molecule has 0 atom stereocenters. The highest BCUT2D eigenvalue weighted by molar-refractivity contribution is 6.12. The van der Waals surface area contributed by atoms with Gasteiger partial charge in [-0.1, -0.05) is 234 Å². The third-order valence-corrected chi connectivity index (χ3v) is 5.62. The molecule has 0 aromatic carbocycles. The largest absolute Gasteiger partial charge is 0.449 e. The minimum Gasteiger partial charge on any atom is -0.449 e. The van der Waals surface area contributed by atoms with Gasteiger partial charge in [-0.2, -0.15) is 0 Å². The first-order chi connectivity index (χ1) is 40.5. The van der Waals surface area contributed by atoms with E-state index in [-0.39, 0.29) is 61.7 Å². The minimum atomic E-state index is -0.398. The number of imide groups is 3. The number of oxime groups is 1. The molecule has 0 saturated carbocycles. The molecule has 8 aliphatic rings. The van der Waals surface area contributed by atoms with Gasteiger partial charge in [-0.3, -0.25) is 39.9 Å². The van der Waals surface area contributed by atoms with Crippen molar-refractivity contribution >= 4 is 60.0 Å². The third kappa shape index (κ3) is 147. The second-order valence-electron chi connectivity index (χ2n) is 9.91. The van der Waals surface area contributed by atoms with Crippen LogP contribution in [0.25, 0.3) is 0 Å². The average molecular weight is 1230 g/mol. The highest BCUT2D eigenvalue weighted by Crippen LogP contribution is 1.96. The summed E-state index contributed by atoms with van der Waals surface area (Å²) in [6.45, 7) is 70.9. The predicted octanol–water partition coefficient (Wildman–Crippen LogP) is 14.3. The van der Waals surface area contributed by atoms with Gasteiger partial charge in [0.1, 0.15) is 13.2 Å². The summed E-state index contributed by atoms with van der Waals surface area (Å²) in [7, 11) is 0. The number of hydrogen-bond donors (Lipinski definition) is 9. The van der Waals surface area contributed by atoms with E-state index >= 15 is 0 Å². The normalized spacial score (nSPS) is 13.2. The first-order valence-corrected chi connectivity index (χ1v) is 31.8. The molecule has 23 heteroatoms. The van der Waals surface area contributed by atoms with Crippen LogP contribution in [0.5, 0.6) is 0 Å². The fraction of sp³-hybridized carbons (Fsp3) is 0.803. The Labute approximate surface area is 519 Å². The summed E-state index contributed by atoms with van der Waals surface area (Å²) >= 11 is 0. The number of cyclic esters (lactones) is 2. The van der Waals surface area contributed by atoms with Crippen molar-refractivity contribution < 1.29 is 62.3 Å². The van der Waals surface area contributed by atoms with Gasteiger partial charge >= 0.3 is 24.2 Å². The van der Waals surface area contributed by atoms with Crippen LogP contribution < -0.4 is 48.0 Å². The average Bonchev–Trinajstić information content (AvgIpc) is 4.51. The molecule has 8 rings (SSSR count). The molecule has 9 N–H and O–H groups in total. The highest BCUT2D eigenvalue weighted by atomic mass is 16.7. The molecular formula is C61H144N10O13. The molecule has 0 bridgehead atoms. The molecule has 0 aliphatic carbocycles. The van der Waals surface area contributed by atoms with Crippen molar-refractivity contribution in [2.75, 3.05) is 65.7 Å². The number of carbonyl (C=O) groups is 9. The van der Waals surface area contributed by atoms with Gasteiger partial charge in [0.2, 0.25) is 17.7 Å². The van der Waals surface area contributed by atoms with Crippen LogP contribution in [0.3, 0.4) is 0 Å². The summed E-state index contributed by atoms with van der Waals surface area (Å²) in [6.07, 6.45) is 8.67. The molecule has 0 aromatic heterocycles. The number of hydrogen-bond acceptors (Lipinski definition) is 15. The molecule has 0 aromatic rings. The van der Waals surface area contributed by atoms with E-state index in [2.05, 4.69) is 56.8 Å². The quantitative estimate of drug-likeness (QED) is 0.0805. The minimum absolute atomic E-state index is 0. The van der Waals surface area contributed by atoms with E-state index < -0.39 is 6.03 Å². The van der Waals surface area contributed by atoms with E-state index in [9.17, 15) is 43.2 Å². The van der Waals surface area contributed by atoms with Crippen LogP contribution in [0, 0.1) is 0 Å². The number of nitrogens with zero attached hydrogens (tertiary/aromatic N) is 1. The Hall–Kier alpha value is -5.84. The Morgan fingerprint density at radius 2 is 0.738 bits per heavy atom. The molecular weight excluding hydrogens is 1080 g/mol. The first-order valence-electron chi connectivity index (χ1n) is 31.8. The second kappa shape index (κ2) is 153. The molecule has 516 valence electrons. The number of ether oxygens (including phenoxy) is 2. The maximum Gasteiger partial charge on any atom is 0.407 e. The predicted molar refractivity (Wildman–Crippen MR) is 361 cm³/mol. The van der Waals surface area contributed by atoms with E-state index in [0.717, 1.165) is 58.7 Å². The maximum atomic E-state index is 10.1. The van der Waals surface area contributed by atoms with Crippen LogP contribution in [-0.4, -0.2) is 126 Å². The van der Waals surface area contributed by atoms with E-state index in [0.29, 0.717) is 32.6 Å². The molecule has 8 heterocycles. The molecule has 8 aliphatic heterocycles. The van der Waals surface area contributed by atoms with Crippen molar-refractivity contribution in [2.45, 2.75) is 268 Å². The van der Waals surface area contributed by atoms with E-state index in [1.54, 1.807) is 6.21 Å². The van der Waals surface area contributed by atoms with Crippen molar-refractivity contribution in [3.8, 4) is 0 Å². The number of alkyl carbamates (subject to hydrolysis) is 2. The van der Waals surface area contributed by atoms with Crippen LogP contribution in [-0.2, 0) is 43.1 Å². The smallest absolute Gasteiger partial charge is 0.407 e. The van der Waals surface area contributed by atoms with Crippen molar-refractivity contribution in [2.24, 2.45) is 5.16 Å². The first kappa shape index (κ1) is 124. The van der Waals surface area contributed by atoms with Crippen LogP contribution >= 0.6 is 0 Å². The summed E-state index contributed by atoms with van der Waals surface area (Å²) < 4.78 is 8.93. The van der Waals surface area contributed by atoms with Gasteiger partial charge < -0.3 is 45.7 Å². The summed E-state index contributed by atoms with van der Waals surface area (Å²) in [5, 5.41) is 22.1. The number of rotatable bonds is 0. The van der Waals surface area contributed by atoms with Crippen LogP contribution in [0.2, 0.25) is 0 Å². The fourth-order valence-corrected chi connectivity index (χ4v) is 3.24. The van der Waals surface area contributed by atoms with Crippen LogP contribution in [0.4, 0.5) is 19.2 Å². The van der Waals surface area contributed by atoms with Crippen molar-refractivity contribution in [1.29, 1.82) is 0 Å². The van der Waals surface area contributed by atoms with Gasteiger partial charge in [0.15, 0.2) is 0 Å². The van der Waals surface area contributed by atoms with E-state index in [4.69, 9.17) is 4.84 Å². The van der Waals surface area contributed by atoms with Crippen molar-refractivity contribution in [1.82, 2.24) is 48.0 Å². The molecule has 6 saturated heterocycles. The Morgan fingerprint density at radius 3 is 0.845 bits per heavy atom. The van der Waals surface area contributed by atoms with Gasteiger partial charge in [-0.25, -0.2) is 24.7 Å². The monoisotopic (exact) mass is 1230 g/mol. The van der Waals surface area contributed by atoms with E-state index in [1.165, 1.54) is 18.6 Å². The molecule has 11 amide bonds. The van der Waals surface area contributed by atoms with Crippen LogP contribution in [0.15, 0.2) is 17.3 Å². The number of carbonyl (C=O) groups excluding carboxylic acids is 9. The van der Waals surface area contributed by atoms with Gasteiger partial charge in [0.05, 0.1) is 26.3 Å². The number of amides is 11. The molecule has 0 unspecified atom stereocenters. The Kier molecular flexibility index (Phi) is 226. The molecule has 0 radical (unpaired) electrons. The van der Waals surface area contributed by atoms with Gasteiger partial charge in [-0.15, -0.1) is 0 Å². The Morgan fingerprint density at radius 1 is 0.357 bits per heavy atom. The van der Waals surface area contributed by atoms with Crippen molar-refractivity contribution in [3.05, 3.63) is 12.2 Å². The topological polar surface area (TPSA) is 311 Å². The van der Waals surface area contributed by atoms with E-state index in [1.807, 2.05) is 232 Å². The highest BCUT2D eigenvalue weighted by Gasteiger charge is 2.16. The van der Waals surface area contributed by atoms with Gasteiger partial charge in [0, 0.05) is 57.4 Å². The zero-order valence-electron chi connectivity index (χ0n) is 59.8. The number of nitrogens with one attached hydrogen (secondary N) is 9. The van der Waals surface area contributed by atoms with Crippen LogP contribution in [0.1, 0.15) is 268 Å². The van der Waals surface area contributed by atoms with Gasteiger partial charge in [0.25, 0.3) is 11.8 Å². The Balaban J connectivity index is -0.0000000381. The fourth-order valence-electron chi connectivity index (χ4n) is 3.24. The zero-order valence-corrected chi connectivity index (χ0v) is 59.8. The standard InChI is InChI=1S/C4H7NO2.C4H5NO2.C4H3NO2.C4H7NO.C3H4N2O2.C3H6N2O.C3H5NO2.C3H7NO.16C2H6.CH4/c6-4-5-2-1-3-7-4;2*6-3-1-2-4(7)5-3;1-2-4-6-5-3-1;6-2-1-4-3(7)5-2;6-3-4-1-2-5-3;5-3-4-1-2-6-3;1-2-4-5-3-1;16*1-2;/h1-3H2,(H,5,6);1-2H2,(H,5,6,7);1-2H,(H,5,6,7);3H,1-2,4H2;1H2,(H2,4,5,6,7);1-2H2,(H2,4,5,6);1-2H2,(H,4,5);4H,1-3H2;16*1-2H3;1H4. The zero-order chi connectivity index (χ0) is 69.5. The van der Waals surface area contributed by atoms with Crippen molar-refractivity contribution in [3.63, 3.8) is 0 Å². The lowest BCUT2D eigenvalue weighted by Crippen LogP contribution is -2.31. The SMILES string of the molecule is C.C1=NOCCC1.C1CNOC1.CC.CC.CC.CC.CC.CC.CC.CC.CC.CC.CC.CC.CC.CC.CC.CC.O=C1C=CC(=O)N1.O=C1CCC(=O)N1.O=C1CNC(=O)N1.O=C1NCCCO1.O=C1NCCN1.O=C1NCCO1. The van der Waals surface area contributed by atoms with Gasteiger partial charge in [-0.05, 0) is 25.7 Å². The lowest BCUT2D eigenvalue weighted by atomic mass is 10.3. The second-order valence-corrected chi connectivity index (χ2v) is 9.91. The molecule has 6 fully saturated rings. The molecule has 23 nitrogen and oxygen atoms in total. The summed E-state index contributed by atoms with van der Waals surface area (Å²) in [4.78, 5) is 99.8. The number of hydroxylamine groups is 1. The lowest BCUT2D eigenvalue weighted by molar-refractivity contribution is -0.125. The molecule has 84 heavy (non-hydrogen) atoms. The summed E-state index contributed by atoms with van der Waals surface area (Å²) in [6, 6.07) is -0.444. The lowest BCUT2D eigenvalue weighted by Gasteiger charge is -2.10. The third-order valence-electron chi connectivity index (χ3n) is 5.62. The number of urea groups is 2. The Bertz CT molecular complexity index is 1130. The molecule has 0 spiro atoms.